The molecule has 0 saturated carbocycles. The van der Waals surface area contributed by atoms with Crippen molar-refractivity contribution < 1.29 is 5.11 Å². The van der Waals surface area contributed by atoms with Crippen LogP contribution in [0.25, 0.3) is 11.0 Å². The maximum Gasteiger partial charge on any atom is 0.166 e. The lowest BCUT2D eigenvalue weighted by molar-refractivity contribution is 0.264. The maximum atomic E-state index is 8.79. The summed E-state index contributed by atoms with van der Waals surface area (Å²) in [4.78, 5) is 7.68. The Morgan fingerprint density at radius 2 is 2.25 bits per heavy atom. The van der Waals surface area contributed by atoms with Gasteiger partial charge in [0.25, 0.3) is 0 Å². The first-order valence-electron chi connectivity index (χ1n) is 5.23. The van der Waals surface area contributed by atoms with Crippen molar-refractivity contribution in [3.8, 4) is 0 Å². The number of thioether (sulfide) groups is 1. The van der Waals surface area contributed by atoms with Gasteiger partial charge in [0.05, 0.1) is 17.6 Å². The van der Waals surface area contributed by atoms with Crippen LogP contribution >= 0.6 is 11.8 Å². The molecule has 2 rings (SSSR count). The molecule has 0 aliphatic heterocycles. The van der Waals surface area contributed by atoms with Gasteiger partial charge in [-0.3, -0.25) is 0 Å². The molecular weight excluding hydrogens is 222 g/mol. The fourth-order valence-corrected chi connectivity index (χ4v) is 2.35. The van der Waals surface area contributed by atoms with E-state index in [4.69, 9.17) is 10.8 Å². The lowest BCUT2D eigenvalue weighted by Gasteiger charge is -2.05. The van der Waals surface area contributed by atoms with E-state index in [1.54, 1.807) is 11.8 Å². The predicted molar refractivity (Wildman–Crippen MR) is 66.5 cm³/mol. The third-order valence-electron chi connectivity index (χ3n) is 2.33. The second kappa shape index (κ2) is 5.34. The average Bonchev–Trinajstić information content (AvgIpc) is 2.71. The van der Waals surface area contributed by atoms with E-state index in [1.165, 1.54) is 0 Å². The minimum Gasteiger partial charge on any atom is -0.395 e. The number of aliphatic hydroxyl groups excluding tert-OH is 1. The molecule has 86 valence electrons. The van der Waals surface area contributed by atoms with Crippen molar-refractivity contribution in [2.24, 2.45) is 5.73 Å². The van der Waals surface area contributed by atoms with Gasteiger partial charge < -0.3 is 15.8 Å². The van der Waals surface area contributed by atoms with Crippen molar-refractivity contribution in [2.45, 2.75) is 17.6 Å². The summed E-state index contributed by atoms with van der Waals surface area (Å²) in [6, 6.07) is 7.81. The molecule has 1 aromatic heterocycles. The number of fused-ring (bicyclic) bond motifs is 1. The average molecular weight is 237 g/mol. The van der Waals surface area contributed by atoms with Gasteiger partial charge in [-0.1, -0.05) is 23.9 Å². The van der Waals surface area contributed by atoms with E-state index in [0.717, 1.165) is 28.4 Å². The summed E-state index contributed by atoms with van der Waals surface area (Å²) in [5.74, 6) is 0.863. The standard InChI is InChI=1S/C11H15N3OS/c12-8(7-15)5-6-16-11-13-9-3-1-2-4-10(9)14-11/h1-4,8,15H,5-7,12H2,(H,13,14). The van der Waals surface area contributed by atoms with Crippen LogP contribution in [-0.2, 0) is 0 Å². The number of rotatable bonds is 5. The molecule has 1 unspecified atom stereocenters. The van der Waals surface area contributed by atoms with Crippen LogP contribution in [0.1, 0.15) is 6.42 Å². The molecular formula is C11H15N3OS. The van der Waals surface area contributed by atoms with E-state index in [-0.39, 0.29) is 12.6 Å². The predicted octanol–water partition coefficient (Wildman–Crippen LogP) is 1.36. The minimum atomic E-state index is -0.128. The van der Waals surface area contributed by atoms with Crippen LogP contribution in [0.5, 0.6) is 0 Å². The Bertz CT molecular complexity index is 424. The summed E-state index contributed by atoms with van der Waals surface area (Å²) in [5, 5.41) is 9.70. The summed E-state index contributed by atoms with van der Waals surface area (Å²) in [7, 11) is 0. The zero-order valence-corrected chi connectivity index (χ0v) is 9.70. The molecule has 0 radical (unpaired) electrons. The van der Waals surface area contributed by atoms with Crippen LogP contribution in [0.4, 0.5) is 0 Å². The summed E-state index contributed by atoms with van der Waals surface area (Å²) in [6.07, 6.45) is 0.790. The zero-order chi connectivity index (χ0) is 11.4. The lowest BCUT2D eigenvalue weighted by Crippen LogP contribution is -2.24. The molecule has 4 N–H and O–H groups in total. The Kier molecular flexibility index (Phi) is 3.82. The smallest absolute Gasteiger partial charge is 0.166 e. The Balaban J connectivity index is 1.94. The van der Waals surface area contributed by atoms with Crippen molar-refractivity contribution in [3.05, 3.63) is 24.3 Å². The number of aromatic nitrogens is 2. The number of nitrogens with one attached hydrogen (secondary N) is 1. The van der Waals surface area contributed by atoms with Gasteiger partial charge in [0.1, 0.15) is 0 Å². The van der Waals surface area contributed by atoms with Gasteiger partial charge in [0.15, 0.2) is 5.16 Å². The van der Waals surface area contributed by atoms with E-state index in [9.17, 15) is 0 Å². The molecule has 0 amide bonds. The second-order valence-corrected chi connectivity index (χ2v) is 4.72. The van der Waals surface area contributed by atoms with Gasteiger partial charge in [-0.25, -0.2) is 4.98 Å². The van der Waals surface area contributed by atoms with Crippen molar-refractivity contribution >= 4 is 22.8 Å². The monoisotopic (exact) mass is 237 g/mol. The highest BCUT2D eigenvalue weighted by Gasteiger charge is 2.04. The summed E-state index contributed by atoms with van der Waals surface area (Å²) >= 11 is 1.63. The number of imidazole rings is 1. The van der Waals surface area contributed by atoms with Crippen molar-refractivity contribution in [2.75, 3.05) is 12.4 Å². The molecule has 0 aliphatic rings. The highest BCUT2D eigenvalue weighted by atomic mass is 32.2. The zero-order valence-electron chi connectivity index (χ0n) is 8.89. The molecule has 0 bridgehead atoms. The Labute approximate surface area is 98.3 Å². The molecule has 0 fully saturated rings. The summed E-state index contributed by atoms with van der Waals surface area (Å²) < 4.78 is 0. The van der Waals surface area contributed by atoms with Gasteiger partial charge >= 0.3 is 0 Å². The largest absolute Gasteiger partial charge is 0.395 e. The molecule has 5 heteroatoms. The Morgan fingerprint density at radius 3 is 3.00 bits per heavy atom. The molecule has 2 aromatic rings. The van der Waals surface area contributed by atoms with Crippen molar-refractivity contribution in [3.63, 3.8) is 0 Å². The van der Waals surface area contributed by atoms with Crippen molar-refractivity contribution in [1.29, 1.82) is 0 Å². The normalized spacial score (nSPS) is 13.1. The first-order chi connectivity index (χ1) is 7.79. The van der Waals surface area contributed by atoms with Gasteiger partial charge in [-0.05, 0) is 18.6 Å². The molecule has 16 heavy (non-hydrogen) atoms. The molecule has 1 aromatic carbocycles. The topological polar surface area (TPSA) is 74.9 Å². The lowest BCUT2D eigenvalue weighted by atomic mass is 10.3. The Morgan fingerprint density at radius 1 is 1.44 bits per heavy atom. The van der Waals surface area contributed by atoms with Crippen LogP contribution in [-0.4, -0.2) is 33.5 Å². The fourth-order valence-electron chi connectivity index (χ4n) is 1.40. The molecule has 4 nitrogen and oxygen atoms in total. The van der Waals surface area contributed by atoms with Gasteiger partial charge in [-0.15, -0.1) is 0 Å². The van der Waals surface area contributed by atoms with Crippen LogP contribution in [0.3, 0.4) is 0 Å². The first kappa shape index (κ1) is 11.4. The number of aromatic amines is 1. The third-order valence-corrected chi connectivity index (χ3v) is 3.24. The third kappa shape index (κ3) is 2.75. The molecule has 1 heterocycles. The van der Waals surface area contributed by atoms with Crippen molar-refractivity contribution in [1.82, 2.24) is 9.97 Å². The molecule has 1 atom stereocenters. The molecule has 0 aliphatic carbocycles. The van der Waals surface area contributed by atoms with E-state index in [0.29, 0.717) is 0 Å². The quantitative estimate of drug-likeness (QED) is 0.686. The number of benzene rings is 1. The number of hydrogen-bond acceptors (Lipinski definition) is 4. The number of H-pyrrole nitrogens is 1. The minimum absolute atomic E-state index is 0.0424. The van der Waals surface area contributed by atoms with E-state index in [2.05, 4.69) is 9.97 Å². The Hall–Kier alpha value is -1.04. The number of nitrogens with zero attached hydrogens (tertiary/aromatic N) is 1. The summed E-state index contributed by atoms with van der Waals surface area (Å²) in [6.45, 7) is 0.0424. The number of aliphatic hydroxyl groups is 1. The number of hydrogen-bond donors (Lipinski definition) is 3. The molecule has 0 saturated heterocycles. The van der Waals surface area contributed by atoms with Crippen LogP contribution in [0.15, 0.2) is 29.4 Å². The second-order valence-electron chi connectivity index (χ2n) is 3.64. The van der Waals surface area contributed by atoms with Crippen LogP contribution in [0.2, 0.25) is 0 Å². The first-order valence-corrected chi connectivity index (χ1v) is 6.22. The SMILES string of the molecule is NC(CO)CCSc1nc2ccccc2[nH]1. The maximum absolute atomic E-state index is 8.79. The van der Waals surface area contributed by atoms with Crippen LogP contribution < -0.4 is 5.73 Å². The fraction of sp³-hybridized carbons (Fsp3) is 0.364. The van der Waals surface area contributed by atoms with Gasteiger partial charge in [0.2, 0.25) is 0 Å². The van der Waals surface area contributed by atoms with Gasteiger partial charge in [0, 0.05) is 11.8 Å². The summed E-state index contributed by atoms with van der Waals surface area (Å²) in [5.41, 5.74) is 7.65. The van der Waals surface area contributed by atoms with E-state index >= 15 is 0 Å². The number of nitrogens with two attached hydrogens (primary N) is 1. The van der Waals surface area contributed by atoms with Gasteiger partial charge in [-0.2, -0.15) is 0 Å². The van der Waals surface area contributed by atoms with E-state index in [1.807, 2.05) is 24.3 Å². The highest BCUT2D eigenvalue weighted by Crippen LogP contribution is 2.19. The van der Waals surface area contributed by atoms with E-state index < -0.39 is 0 Å². The van der Waals surface area contributed by atoms with Crippen LogP contribution in [0, 0.1) is 0 Å². The number of para-hydroxylation sites is 2. The highest BCUT2D eigenvalue weighted by molar-refractivity contribution is 7.99. The molecule has 0 spiro atoms.